The van der Waals surface area contributed by atoms with Gasteiger partial charge in [0.05, 0.1) is 10.9 Å². The van der Waals surface area contributed by atoms with E-state index in [0.717, 1.165) is 16.5 Å². The van der Waals surface area contributed by atoms with Crippen molar-refractivity contribution in [2.24, 2.45) is 0 Å². The van der Waals surface area contributed by atoms with E-state index >= 15 is 0 Å². The van der Waals surface area contributed by atoms with Crippen molar-refractivity contribution in [2.75, 3.05) is 0 Å². The zero-order chi connectivity index (χ0) is 11.5. The molecule has 1 aromatic carbocycles. The lowest BCUT2D eigenvalue weighted by Gasteiger charge is -1.97. The van der Waals surface area contributed by atoms with E-state index in [-0.39, 0.29) is 5.38 Å². The molecular weight excluding hydrogens is 291 g/mol. The van der Waals surface area contributed by atoms with E-state index in [9.17, 15) is 0 Å². The van der Waals surface area contributed by atoms with Crippen molar-refractivity contribution < 1.29 is 4.52 Å². The molecule has 0 amide bonds. The second-order valence-corrected chi connectivity index (χ2v) is 4.69. The molecule has 5 heteroatoms. The Hall–Kier alpha value is -0.870. The number of benzene rings is 1. The first-order valence-electron chi connectivity index (χ1n) is 4.95. The topological polar surface area (TPSA) is 38.9 Å². The van der Waals surface area contributed by atoms with E-state index in [1.807, 2.05) is 31.2 Å². The van der Waals surface area contributed by atoms with Crippen molar-refractivity contribution in [3.8, 4) is 11.5 Å². The molecule has 0 saturated carbocycles. The minimum Gasteiger partial charge on any atom is -0.334 e. The molecule has 1 heterocycles. The quantitative estimate of drug-likeness (QED) is 0.798. The van der Waals surface area contributed by atoms with E-state index < -0.39 is 0 Å². The Balaban J connectivity index is 2.35. The molecule has 0 fully saturated rings. The van der Waals surface area contributed by atoms with Crippen molar-refractivity contribution in [3.05, 3.63) is 34.6 Å². The summed E-state index contributed by atoms with van der Waals surface area (Å²) >= 11 is 9.47. The summed E-state index contributed by atoms with van der Waals surface area (Å²) < 4.78 is 6.10. The maximum atomic E-state index is 6.03. The molecule has 3 nitrogen and oxygen atoms in total. The molecule has 0 saturated heterocycles. The van der Waals surface area contributed by atoms with Gasteiger partial charge in [0.2, 0.25) is 0 Å². The van der Waals surface area contributed by atoms with Crippen LogP contribution in [0.5, 0.6) is 0 Å². The summed E-state index contributed by atoms with van der Waals surface area (Å²) in [7, 11) is 0. The van der Waals surface area contributed by atoms with Crippen LogP contribution in [0.25, 0.3) is 11.5 Å². The van der Waals surface area contributed by atoms with E-state index in [2.05, 4.69) is 26.1 Å². The van der Waals surface area contributed by atoms with Crippen LogP contribution in [0.2, 0.25) is 0 Å². The van der Waals surface area contributed by atoms with Gasteiger partial charge >= 0.3 is 0 Å². The predicted molar refractivity (Wildman–Crippen MR) is 66.3 cm³/mol. The van der Waals surface area contributed by atoms with Gasteiger partial charge in [0.25, 0.3) is 5.89 Å². The Labute approximate surface area is 107 Å². The molecule has 0 aliphatic rings. The molecule has 0 spiro atoms. The monoisotopic (exact) mass is 300 g/mol. The van der Waals surface area contributed by atoms with Crippen LogP contribution in [0.4, 0.5) is 0 Å². The van der Waals surface area contributed by atoms with Crippen LogP contribution in [0.15, 0.2) is 33.3 Å². The van der Waals surface area contributed by atoms with Crippen LogP contribution in [-0.4, -0.2) is 10.1 Å². The fraction of sp³-hybridized carbons (Fsp3) is 0.273. The lowest BCUT2D eigenvalue weighted by molar-refractivity contribution is 0.421. The van der Waals surface area contributed by atoms with E-state index in [4.69, 9.17) is 16.1 Å². The highest BCUT2D eigenvalue weighted by Gasteiger charge is 2.16. The summed E-state index contributed by atoms with van der Waals surface area (Å²) in [5, 5.41) is 3.67. The molecule has 0 aliphatic heterocycles. The molecule has 0 N–H and O–H groups in total. The molecule has 0 aliphatic carbocycles. The highest BCUT2D eigenvalue weighted by molar-refractivity contribution is 9.10. The first kappa shape index (κ1) is 11.6. The van der Waals surface area contributed by atoms with Gasteiger partial charge in [-0.05, 0) is 34.5 Å². The molecule has 1 aromatic heterocycles. The summed E-state index contributed by atoms with van der Waals surface area (Å²) in [6.45, 7) is 1.98. The highest BCUT2D eigenvalue weighted by Crippen LogP contribution is 2.28. The number of hydrogen-bond acceptors (Lipinski definition) is 3. The van der Waals surface area contributed by atoms with Crippen molar-refractivity contribution >= 4 is 27.5 Å². The zero-order valence-electron chi connectivity index (χ0n) is 8.65. The van der Waals surface area contributed by atoms with Gasteiger partial charge in [-0.2, -0.15) is 4.98 Å². The Morgan fingerprint density at radius 3 is 2.88 bits per heavy atom. The molecule has 84 valence electrons. The summed E-state index contributed by atoms with van der Waals surface area (Å²) in [6, 6.07) is 7.69. The molecule has 1 atom stereocenters. The SMILES string of the molecule is CCC(Cl)c1noc(-c2ccccc2Br)n1. The molecule has 2 aromatic rings. The van der Waals surface area contributed by atoms with Crippen LogP contribution >= 0.6 is 27.5 Å². The maximum Gasteiger partial charge on any atom is 0.259 e. The molecule has 1 unspecified atom stereocenters. The third-order valence-corrected chi connectivity index (χ3v) is 3.38. The number of rotatable bonds is 3. The predicted octanol–water partition coefficient (Wildman–Crippen LogP) is 4.19. The van der Waals surface area contributed by atoms with Crippen LogP contribution < -0.4 is 0 Å². The van der Waals surface area contributed by atoms with Gasteiger partial charge in [0.1, 0.15) is 0 Å². The molecule has 16 heavy (non-hydrogen) atoms. The fourth-order valence-corrected chi connectivity index (χ4v) is 1.83. The van der Waals surface area contributed by atoms with Crippen LogP contribution in [0.3, 0.4) is 0 Å². The fourth-order valence-electron chi connectivity index (χ4n) is 1.29. The van der Waals surface area contributed by atoms with E-state index in [1.54, 1.807) is 0 Å². The summed E-state index contributed by atoms with van der Waals surface area (Å²) in [6.07, 6.45) is 0.774. The van der Waals surface area contributed by atoms with Crippen LogP contribution in [-0.2, 0) is 0 Å². The summed E-state index contributed by atoms with van der Waals surface area (Å²) in [5.74, 6) is 1.02. The number of alkyl halides is 1. The smallest absolute Gasteiger partial charge is 0.259 e. The largest absolute Gasteiger partial charge is 0.334 e. The van der Waals surface area contributed by atoms with Gasteiger partial charge in [0.15, 0.2) is 5.82 Å². The minimum atomic E-state index is -0.194. The first-order valence-corrected chi connectivity index (χ1v) is 6.18. The average Bonchev–Trinajstić information content (AvgIpc) is 2.78. The minimum absolute atomic E-state index is 0.194. The molecular formula is C11H10BrClN2O. The number of aromatic nitrogens is 2. The summed E-state index contributed by atoms with van der Waals surface area (Å²) in [4.78, 5) is 4.27. The van der Waals surface area contributed by atoms with Crippen molar-refractivity contribution in [2.45, 2.75) is 18.7 Å². The summed E-state index contributed by atoms with van der Waals surface area (Å²) in [5.41, 5.74) is 0.876. The van der Waals surface area contributed by atoms with E-state index in [0.29, 0.717) is 11.7 Å². The number of halogens is 2. The first-order chi connectivity index (χ1) is 7.72. The van der Waals surface area contributed by atoms with Gasteiger partial charge in [-0.1, -0.05) is 24.2 Å². The second kappa shape index (κ2) is 4.97. The number of nitrogens with zero attached hydrogens (tertiary/aromatic N) is 2. The standard InChI is InChI=1S/C11H10BrClN2O/c1-2-9(13)10-14-11(16-15-10)7-5-3-4-6-8(7)12/h3-6,9H,2H2,1H3. The second-order valence-electron chi connectivity index (χ2n) is 3.31. The molecule has 0 radical (unpaired) electrons. The zero-order valence-corrected chi connectivity index (χ0v) is 11.0. The van der Waals surface area contributed by atoms with Crippen LogP contribution in [0.1, 0.15) is 24.5 Å². The van der Waals surface area contributed by atoms with Gasteiger partial charge in [0, 0.05) is 4.47 Å². The van der Waals surface area contributed by atoms with Gasteiger partial charge < -0.3 is 4.52 Å². The average molecular weight is 302 g/mol. The van der Waals surface area contributed by atoms with E-state index in [1.165, 1.54) is 0 Å². The third-order valence-electron chi connectivity index (χ3n) is 2.18. The lowest BCUT2D eigenvalue weighted by Crippen LogP contribution is -1.90. The number of hydrogen-bond donors (Lipinski definition) is 0. The molecule has 0 bridgehead atoms. The lowest BCUT2D eigenvalue weighted by atomic mass is 10.2. The molecule has 2 rings (SSSR count). The van der Waals surface area contributed by atoms with Gasteiger partial charge in [-0.3, -0.25) is 0 Å². The van der Waals surface area contributed by atoms with Gasteiger partial charge in [-0.25, -0.2) is 0 Å². The Morgan fingerprint density at radius 2 is 2.19 bits per heavy atom. The third kappa shape index (κ3) is 2.28. The normalized spacial score (nSPS) is 12.7. The van der Waals surface area contributed by atoms with Crippen LogP contribution in [0, 0.1) is 0 Å². The van der Waals surface area contributed by atoms with Crippen molar-refractivity contribution in [1.29, 1.82) is 0 Å². The highest BCUT2D eigenvalue weighted by atomic mass is 79.9. The maximum absolute atomic E-state index is 6.03. The Morgan fingerprint density at radius 1 is 1.44 bits per heavy atom. The Bertz CT molecular complexity index is 486. The Kier molecular flexibility index (Phi) is 3.61. The van der Waals surface area contributed by atoms with Gasteiger partial charge in [-0.15, -0.1) is 11.6 Å². The van der Waals surface area contributed by atoms with Crippen molar-refractivity contribution in [1.82, 2.24) is 10.1 Å². The van der Waals surface area contributed by atoms with Crippen molar-refractivity contribution in [3.63, 3.8) is 0 Å².